The molecule has 102 valence electrons. The quantitative estimate of drug-likeness (QED) is 0.766. The van der Waals surface area contributed by atoms with Gasteiger partial charge in [0.2, 0.25) is 0 Å². The number of ether oxygens (including phenoxy) is 1. The third-order valence-corrected chi connectivity index (χ3v) is 3.42. The summed E-state index contributed by atoms with van der Waals surface area (Å²) in [5.41, 5.74) is 4.43. The van der Waals surface area contributed by atoms with Crippen LogP contribution in [0.4, 0.5) is 0 Å². The lowest BCUT2D eigenvalue weighted by Gasteiger charge is -2.12. The summed E-state index contributed by atoms with van der Waals surface area (Å²) in [6.45, 7) is 6.14. The van der Waals surface area contributed by atoms with Crippen molar-refractivity contribution < 1.29 is 4.74 Å². The van der Waals surface area contributed by atoms with E-state index in [1.165, 1.54) is 11.1 Å². The Morgan fingerprint density at radius 3 is 2.65 bits per heavy atom. The van der Waals surface area contributed by atoms with E-state index in [0.29, 0.717) is 0 Å². The summed E-state index contributed by atoms with van der Waals surface area (Å²) < 4.78 is 5.96. The van der Waals surface area contributed by atoms with E-state index in [9.17, 15) is 0 Å². The van der Waals surface area contributed by atoms with Crippen LogP contribution in [0.15, 0.2) is 42.5 Å². The van der Waals surface area contributed by atoms with Crippen LogP contribution in [0.5, 0.6) is 5.75 Å². The van der Waals surface area contributed by atoms with E-state index in [-0.39, 0.29) is 6.10 Å². The fourth-order valence-electron chi connectivity index (χ4n) is 2.34. The molecule has 1 N–H and O–H groups in total. The zero-order valence-electron chi connectivity index (χ0n) is 12.0. The molecular weight excluding hydrogens is 248 g/mol. The molecule has 20 heavy (non-hydrogen) atoms. The third kappa shape index (κ3) is 2.39. The van der Waals surface area contributed by atoms with Crippen molar-refractivity contribution in [3.8, 4) is 5.75 Å². The van der Waals surface area contributed by atoms with Crippen LogP contribution in [0.2, 0.25) is 0 Å². The Kier molecular flexibility index (Phi) is 3.18. The van der Waals surface area contributed by atoms with Gasteiger partial charge in [-0.25, -0.2) is 4.98 Å². The Morgan fingerprint density at radius 1 is 1.10 bits per heavy atom. The number of fused-ring (bicyclic) bond motifs is 1. The van der Waals surface area contributed by atoms with Crippen molar-refractivity contribution in [2.24, 2.45) is 0 Å². The summed E-state index contributed by atoms with van der Waals surface area (Å²) in [4.78, 5) is 7.99. The Morgan fingerprint density at radius 2 is 1.90 bits per heavy atom. The average molecular weight is 266 g/mol. The molecule has 3 heteroatoms. The summed E-state index contributed by atoms with van der Waals surface area (Å²) in [6, 6.07) is 14.2. The van der Waals surface area contributed by atoms with Crippen LogP contribution < -0.4 is 4.74 Å². The van der Waals surface area contributed by atoms with Gasteiger partial charge in [0.15, 0.2) is 6.10 Å². The zero-order valence-corrected chi connectivity index (χ0v) is 12.0. The maximum Gasteiger partial charge on any atom is 0.153 e. The second kappa shape index (κ2) is 5.00. The Bertz CT molecular complexity index is 746. The van der Waals surface area contributed by atoms with Crippen LogP contribution in [0, 0.1) is 13.8 Å². The second-order valence-corrected chi connectivity index (χ2v) is 5.17. The number of rotatable bonds is 3. The minimum atomic E-state index is -0.108. The summed E-state index contributed by atoms with van der Waals surface area (Å²) in [6.07, 6.45) is -0.108. The third-order valence-electron chi connectivity index (χ3n) is 3.42. The van der Waals surface area contributed by atoms with Crippen molar-refractivity contribution in [1.29, 1.82) is 0 Å². The predicted octanol–water partition coefficient (Wildman–Crippen LogP) is 4.32. The van der Waals surface area contributed by atoms with Gasteiger partial charge in [-0.2, -0.15) is 0 Å². The second-order valence-electron chi connectivity index (χ2n) is 5.17. The highest BCUT2D eigenvalue weighted by Crippen LogP contribution is 2.23. The number of hydrogen-bond acceptors (Lipinski definition) is 2. The maximum atomic E-state index is 5.96. The lowest BCUT2D eigenvalue weighted by molar-refractivity contribution is 0.218. The number of H-pyrrole nitrogens is 1. The van der Waals surface area contributed by atoms with E-state index in [0.717, 1.165) is 22.6 Å². The molecule has 0 aliphatic rings. The Labute approximate surface area is 118 Å². The van der Waals surface area contributed by atoms with Gasteiger partial charge in [0.05, 0.1) is 11.0 Å². The highest BCUT2D eigenvalue weighted by molar-refractivity contribution is 5.78. The van der Waals surface area contributed by atoms with Crippen LogP contribution in [0.1, 0.15) is 30.0 Å². The molecule has 0 fully saturated rings. The van der Waals surface area contributed by atoms with Crippen LogP contribution >= 0.6 is 0 Å². The first kappa shape index (κ1) is 12.7. The molecule has 3 rings (SSSR count). The van der Waals surface area contributed by atoms with Gasteiger partial charge >= 0.3 is 0 Å². The molecule has 0 saturated heterocycles. The maximum absolute atomic E-state index is 5.96. The fraction of sp³-hybridized carbons (Fsp3) is 0.235. The molecule has 3 nitrogen and oxygen atoms in total. The van der Waals surface area contributed by atoms with Crippen molar-refractivity contribution >= 4 is 11.0 Å². The first-order valence-corrected chi connectivity index (χ1v) is 6.82. The smallest absolute Gasteiger partial charge is 0.153 e. The van der Waals surface area contributed by atoms with Crippen molar-refractivity contribution in [2.45, 2.75) is 26.9 Å². The lowest BCUT2D eigenvalue weighted by Crippen LogP contribution is -2.05. The number of nitrogens with one attached hydrogen (secondary N) is 1. The Hall–Kier alpha value is -2.29. The van der Waals surface area contributed by atoms with Crippen LogP contribution in [0.3, 0.4) is 0 Å². The van der Waals surface area contributed by atoms with Gasteiger partial charge in [0, 0.05) is 0 Å². The van der Waals surface area contributed by atoms with E-state index >= 15 is 0 Å². The number of nitrogens with zero attached hydrogens (tertiary/aromatic N) is 1. The van der Waals surface area contributed by atoms with Crippen molar-refractivity contribution in [3.63, 3.8) is 0 Å². The first-order valence-electron chi connectivity index (χ1n) is 6.82. The molecule has 0 spiro atoms. The molecule has 0 saturated carbocycles. The van der Waals surface area contributed by atoms with Gasteiger partial charge in [-0.3, -0.25) is 0 Å². The molecule has 0 aliphatic heterocycles. The highest BCUT2D eigenvalue weighted by atomic mass is 16.5. The fourth-order valence-corrected chi connectivity index (χ4v) is 2.34. The van der Waals surface area contributed by atoms with E-state index < -0.39 is 0 Å². The van der Waals surface area contributed by atoms with Gasteiger partial charge in [0.1, 0.15) is 11.6 Å². The zero-order chi connectivity index (χ0) is 14.1. The van der Waals surface area contributed by atoms with Crippen LogP contribution in [0.25, 0.3) is 11.0 Å². The SMILES string of the molecule is Cc1cccc(OC(C)c2nc3c(C)cccc3[nH]2)c1. The molecule has 0 bridgehead atoms. The number of hydrogen-bond donors (Lipinski definition) is 1. The van der Waals surface area contributed by atoms with Gasteiger partial charge in [-0.1, -0.05) is 24.3 Å². The van der Waals surface area contributed by atoms with E-state index in [4.69, 9.17) is 4.74 Å². The topological polar surface area (TPSA) is 37.9 Å². The van der Waals surface area contributed by atoms with Crippen LogP contribution in [-0.4, -0.2) is 9.97 Å². The highest BCUT2D eigenvalue weighted by Gasteiger charge is 2.13. The van der Waals surface area contributed by atoms with Crippen molar-refractivity contribution in [2.75, 3.05) is 0 Å². The molecule has 0 aliphatic carbocycles. The number of aromatic amines is 1. The van der Waals surface area contributed by atoms with Gasteiger partial charge in [0.25, 0.3) is 0 Å². The first-order chi connectivity index (χ1) is 9.63. The van der Waals surface area contributed by atoms with Crippen molar-refractivity contribution in [1.82, 2.24) is 9.97 Å². The van der Waals surface area contributed by atoms with Crippen molar-refractivity contribution in [3.05, 3.63) is 59.4 Å². The lowest BCUT2D eigenvalue weighted by atomic mass is 10.2. The summed E-state index contributed by atoms with van der Waals surface area (Å²) in [5, 5.41) is 0. The minimum Gasteiger partial charge on any atom is -0.483 e. The van der Waals surface area contributed by atoms with E-state index in [1.807, 2.05) is 37.3 Å². The predicted molar refractivity (Wildman–Crippen MR) is 81.1 cm³/mol. The average Bonchev–Trinajstić information content (AvgIpc) is 2.84. The molecule has 0 radical (unpaired) electrons. The van der Waals surface area contributed by atoms with Gasteiger partial charge in [-0.05, 0) is 50.1 Å². The standard InChI is InChI=1S/C17H18N2O/c1-11-6-4-8-14(10-11)20-13(3)17-18-15-9-5-7-12(2)16(15)19-17/h4-10,13H,1-3H3,(H,18,19). The number of aromatic nitrogens is 2. The molecule has 1 heterocycles. The monoisotopic (exact) mass is 266 g/mol. The number of benzene rings is 2. The molecule has 1 atom stereocenters. The molecular formula is C17H18N2O. The molecule has 3 aromatic rings. The van der Waals surface area contributed by atoms with E-state index in [1.54, 1.807) is 0 Å². The summed E-state index contributed by atoms with van der Waals surface area (Å²) >= 11 is 0. The normalized spacial score (nSPS) is 12.6. The molecule has 0 amide bonds. The van der Waals surface area contributed by atoms with Gasteiger partial charge < -0.3 is 9.72 Å². The molecule has 1 unspecified atom stereocenters. The van der Waals surface area contributed by atoms with E-state index in [2.05, 4.69) is 35.9 Å². The summed E-state index contributed by atoms with van der Waals surface area (Å²) in [7, 11) is 0. The van der Waals surface area contributed by atoms with Crippen LogP contribution in [-0.2, 0) is 0 Å². The minimum absolute atomic E-state index is 0.108. The molecule has 1 aromatic heterocycles. The number of imidazole rings is 1. The number of para-hydroxylation sites is 1. The summed E-state index contributed by atoms with van der Waals surface area (Å²) in [5.74, 6) is 1.73. The van der Waals surface area contributed by atoms with Gasteiger partial charge in [-0.15, -0.1) is 0 Å². The molecule has 2 aromatic carbocycles. The largest absolute Gasteiger partial charge is 0.483 e. The number of aryl methyl sites for hydroxylation is 2. The Balaban J connectivity index is 1.89.